The molecular weight excluding hydrogens is 338 g/mol. The van der Waals surface area contributed by atoms with Gasteiger partial charge in [-0.1, -0.05) is 30.3 Å². The monoisotopic (exact) mass is 359 g/mol. The molecule has 25 heavy (non-hydrogen) atoms. The summed E-state index contributed by atoms with van der Waals surface area (Å²) in [5, 5.41) is 2.83. The Kier molecular flexibility index (Phi) is 4.78. The molecule has 0 unspecified atom stereocenters. The van der Waals surface area contributed by atoms with Gasteiger partial charge < -0.3 is 10.2 Å². The van der Waals surface area contributed by atoms with Gasteiger partial charge in [0.1, 0.15) is 0 Å². The number of carbonyl (C=O) groups is 1. The maximum Gasteiger partial charge on any atom is 0.322 e. The number of carbonyl (C=O) groups excluding carboxylic acids is 1. The van der Waals surface area contributed by atoms with Crippen molar-refractivity contribution in [2.75, 3.05) is 26.0 Å². The number of hydrogen-bond donors (Lipinski definition) is 1. The number of rotatable bonds is 4. The number of urea groups is 1. The van der Waals surface area contributed by atoms with Crippen molar-refractivity contribution in [3.63, 3.8) is 0 Å². The Morgan fingerprint density at radius 1 is 1.08 bits per heavy atom. The molecule has 1 heterocycles. The third-order valence-electron chi connectivity index (χ3n) is 4.35. The normalized spacial score (nSPS) is 17.2. The lowest BCUT2D eigenvalue weighted by Gasteiger charge is -2.41. The Hall–Kier alpha value is -2.38. The molecule has 1 N–H and O–H groups in total. The van der Waals surface area contributed by atoms with E-state index in [1.165, 1.54) is 26.2 Å². The summed E-state index contributed by atoms with van der Waals surface area (Å²) in [5.41, 5.74) is 1.69. The second kappa shape index (κ2) is 6.85. The van der Waals surface area contributed by atoms with E-state index in [0.29, 0.717) is 12.2 Å². The molecule has 2 aromatic carbocycles. The molecule has 6 nitrogen and oxygen atoms in total. The maximum absolute atomic E-state index is 12.5. The van der Waals surface area contributed by atoms with Crippen LogP contribution >= 0.6 is 0 Å². The molecule has 1 atom stereocenters. The first kappa shape index (κ1) is 17.4. The van der Waals surface area contributed by atoms with Crippen molar-refractivity contribution in [3.8, 4) is 0 Å². The minimum Gasteiger partial charge on any atom is -0.317 e. The van der Waals surface area contributed by atoms with E-state index in [4.69, 9.17) is 0 Å². The molecule has 0 aromatic heterocycles. The van der Waals surface area contributed by atoms with Crippen molar-refractivity contribution in [3.05, 3.63) is 60.2 Å². The van der Waals surface area contributed by atoms with Gasteiger partial charge in [0.15, 0.2) is 0 Å². The highest BCUT2D eigenvalue weighted by atomic mass is 32.2. The van der Waals surface area contributed by atoms with Gasteiger partial charge >= 0.3 is 6.03 Å². The van der Waals surface area contributed by atoms with Gasteiger partial charge in [-0.15, -0.1) is 0 Å². The first-order valence-corrected chi connectivity index (χ1v) is 9.49. The molecule has 1 aliphatic heterocycles. The molecule has 0 radical (unpaired) electrons. The molecule has 1 fully saturated rings. The standard InChI is InChI=1S/C18H21N3O3S/c1-20(2)25(23,24)16-10-8-15(9-11-16)19-18(22)21-13-12-17(21)14-6-4-3-5-7-14/h3-11,17H,12-13H2,1-2H3,(H,19,22)/t17-/m0/s1. The third kappa shape index (κ3) is 3.52. The van der Waals surface area contributed by atoms with Crippen LogP contribution in [-0.2, 0) is 10.0 Å². The molecule has 7 heteroatoms. The number of hydrogen-bond acceptors (Lipinski definition) is 3. The quantitative estimate of drug-likeness (QED) is 0.912. The van der Waals surface area contributed by atoms with E-state index in [1.807, 2.05) is 30.3 Å². The summed E-state index contributed by atoms with van der Waals surface area (Å²) in [6.45, 7) is 0.707. The molecule has 0 bridgehead atoms. The fourth-order valence-electron chi connectivity index (χ4n) is 2.77. The SMILES string of the molecule is CN(C)S(=O)(=O)c1ccc(NC(=O)N2CC[C@H]2c2ccccc2)cc1. The van der Waals surface area contributed by atoms with E-state index in [-0.39, 0.29) is 17.0 Å². The average Bonchev–Trinajstić information content (AvgIpc) is 2.55. The van der Waals surface area contributed by atoms with Crippen molar-refractivity contribution >= 4 is 21.7 Å². The number of nitrogens with one attached hydrogen (secondary N) is 1. The fourth-order valence-corrected chi connectivity index (χ4v) is 3.67. The van der Waals surface area contributed by atoms with Crippen LogP contribution in [0.15, 0.2) is 59.5 Å². The highest BCUT2D eigenvalue weighted by Gasteiger charge is 2.33. The first-order valence-electron chi connectivity index (χ1n) is 8.05. The Morgan fingerprint density at radius 3 is 2.24 bits per heavy atom. The van der Waals surface area contributed by atoms with Gasteiger partial charge in [0.2, 0.25) is 10.0 Å². The second-order valence-corrected chi connectivity index (χ2v) is 8.30. The third-order valence-corrected chi connectivity index (χ3v) is 6.18. The van der Waals surface area contributed by atoms with Crippen LogP contribution in [0.5, 0.6) is 0 Å². The van der Waals surface area contributed by atoms with Crippen molar-refractivity contribution < 1.29 is 13.2 Å². The number of anilines is 1. The van der Waals surface area contributed by atoms with Gasteiger partial charge in [-0.2, -0.15) is 0 Å². The Balaban J connectivity index is 1.68. The van der Waals surface area contributed by atoms with Crippen LogP contribution in [0.25, 0.3) is 0 Å². The van der Waals surface area contributed by atoms with Gasteiger partial charge in [0.25, 0.3) is 0 Å². The lowest BCUT2D eigenvalue weighted by Crippen LogP contribution is -2.47. The zero-order valence-corrected chi connectivity index (χ0v) is 15.0. The van der Waals surface area contributed by atoms with Crippen molar-refractivity contribution in [2.45, 2.75) is 17.4 Å². The lowest BCUT2D eigenvalue weighted by molar-refractivity contribution is 0.126. The molecule has 3 rings (SSSR count). The first-order chi connectivity index (χ1) is 11.9. The Bertz CT molecular complexity index is 849. The number of amides is 2. The minimum absolute atomic E-state index is 0.0922. The van der Waals surface area contributed by atoms with Crippen molar-refractivity contribution in [1.82, 2.24) is 9.21 Å². The van der Waals surface area contributed by atoms with Gasteiger partial charge in [0.05, 0.1) is 10.9 Å². The van der Waals surface area contributed by atoms with E-state index in [1.54, 1.807) is 17.0 Å². The van der Waals surface area contributed by atoms with Crippen LogP contribution in [0.3, 0.4) is 0 Å². The van der Waals surface area contributed by atoms with Crippen LogP contribution in [0, 0.1) is 0 Å². The van der Waals surface area contributed by atoms with Crippen LogP contribution in [0.2, 0.25) is 0 Å². The fraction of sp³-hybridized carbons (Fsp3) is 0.278. The van der Waals surface area contributed by atoms with Crippen LogP contribution < -0.4 is 5.32 Å². The average molecular weight is 359 g/mol. The predicted octanol–water partition coefficient (Wildman–Crippen LogP) is 2.92. The summed E-state index contributed by atoms with van der Waals surface area (Å²) in [5.74, 6) is 0. The number of nitrogens with zero attached hydrogens (tertiary/aromatic N) is 2. The zero-order valence-electron chi connectivity index (χ0n) is 14.2. The smallest absolute Gasteiger partial charge is 0.317 e. The molecule has 0 aliphatic carbocycles. The molecule has 0 saturated carbocycles. The highest BCUT2D eigenvalue weighted by Crippen LogP contribution is 2.33. The number of benzene rings is 2. The van der Waals surface area contributed by atoms with Crippen molar-refractivity contribution in [2.24, 2.45) is 0 Å². The zero-order chi connectivity index (χ0) is 18.0. The van der Waals surface area contributed by atoms with E-state index in [2.05, 4.69) is 5.32 Å². The summed E-state index contributed by atoms with van der Waals surface area (Å²) < 4.78 is 25.3. The van der Waals surface area contributed by atoms with E-state index >= 15 is 0 Å². The topological polar surface area (TPSA) is 69.7 Å². The second-order valence-electron chi connectivity index (χ2n) is 6.15. The minimum atomic E-state index is -3.47. The Morgan fingerprint density at radius 2 is 1.72 bits per heavy atom. The summed E-state index contributed by atoms with van der Waals surface area (Å²) in [4.78, 5) is 14.4. The molecule has 2 aromatic rings. The summed E-state index contributed by atoms with van der Waals surface area (Å²) in [7, 11) is -0.497. The molecular formula is C18H21N3O3S. The van der Waals surface area contributed by atoms with Crippen LogP contribution in [0.1, 0.15) is 18.0 Å². The van der Waals surface area contributed by atoms with Crippen LogP contribution in [0.4, 0.5) is 10.5 Å². The lowest BCUT2D eigenvalue weighted by atomic mass is 9.95. The number of likely N-dealkylation sites (tertiary alicyclic amines) is 1. The van der Waals surface area contributed by atoms with Gasteiger partial charge in [-0.3, -0.25) is 0 Å². The van der Waals surface area contributed by atoms with Gasteiger partial charge in [-0.05, 0) is 36.2 Å². The molecule has 132 valence electrons. The summed E-state index contributed by atoms with van der Waals surface area (Å²) >= 11 is 0. The Labute approximate surface area is 148 Å². The van der Waals surface area contributed by atoms with E-state index in [9.17, 15) is 13.2 Å². The van der Waals surface area contributed by atoms with E-state index < -0.39 is 10.0 Å². The van der Waals surface area contributed by atoms with Crippen LogP contribution in [-0.4, -0.2) is 44.3 Å². The largest absolute Gasteiger partial charge is 0.322 e. The van der Waals surface area contributed by atoms with Gasteiger partial charge in [0, 0.05) is 26.3 Å². The highest BCUT2D eigenvalue weighted by molar-refractivity contribution is 7.89. The predicted molar refractivity (Wildman–Crippen MR) is 96.8 cm³/mol. The number of sulfonamides is 1. The van der Waals surface area contributed by atoms with Crippen molar-refractivity contribution in [1.29, 1.82) is 0 Å². The molecule has 1 aliphatic rings. The summed E-state index contributed by atoms with van der Waals surface area (Å²) in [6.07, 6.45) is 0.942. The van der Waals surface area contributed by atoms with E-state index in [0.717, 1.165) is 16.3 Å². The summed E-state index contributed by atoms with van der Waals surface area (Å²) in [6, 6.07) is 16.0. The maximum atomic E-state index is 12.5. The van der Waals surface area contributed by atoms with Gasteiger partial charge in [-0.25, -0.2) is 17.5 Å². The molecule has 0 spiro atoms. The molecule has 2 amide bonds. The molecule has 1 saturated heterocycles.